The summed E-state index contributed by atoms with van der Waals surface area (Å²) >= 11 is 12.5. The van der Waals surface area contributed by atoms with Gasteiger partial charge in [-0.2, -0.15) is 5.10 Å². The summed E-state index contributed by atoms with van der Waals surface area (Å²) in [5.41, 5.74) is 8.16. The molecule has 0 saturated carbocycles. The molecule has 0 aliphatic rings. The average Bonchev–Trinajstić information content (AvgIpc) is 2.81. The van der Waals surface area contributed by atoms with Crippen molar-refractivity contribution in [2.75, 3.05) is 5.73 Å². The second-order valence-electron chi connectivity index (χ2n) is 4.58. The molecular weight excluding hydrogens is 311 g/mol. The zero-order valence-electron chi connectivity index (χ0n) is 11.2. The highest BCUT2D eigenvalue weighted by molar-refractivity contribution is 6.38. The Labute approximate surface area is 130 Å². The van der Waals surface area contributed by atoms with Crippen LogP contribution in [0.25, 0.3) is 16.7 Å². The van der Waals surface area contributed by atoms with E-state index in [1.165, 1.54) is 6.07 Å². The Kier molecular flexibility index (Phi) is 3.39. The van der Waals surface area contributed by atoms with Gasteiger partial charge in [0.2, 0.25) is 0 Å². The lowest BCUT2D eigenvalue weighted by Crippen LogP contribution is -2.17. The number of nitrogen functional groups attached to an aromatic ring is 1. The Bertz CT molecular complexity index is 875. The van der Waals surface area contributed by atoms with E-state index in [9.17, 15) is 4.79 Å². The van der Waals surface area contributed by atoms with Gasteiger partial charge in [0, 0.05) is 18.3 Å². The molecule has 0 aliphatic heterocycles. The summed E-state index contributed by atoms with van der Waals surface area (Å²) in [6.07, 6.45) is 1.63. The van der Waals surface area contributed by atoms with Crippen LogP contribution in [0.15, 0.2) is 35.3 Å². The van der Waals surface area contributed by atoms with Crippen molar-refractivity contribution in [1.29, 1.82) is 0 Å². The van der Waals surface area contributed by atoms with E-state index in [0.29, 0.717) is 28.0 Å². The van der Waals surface area contributed by atoms with E-state index < -0.39 is 0 Å². The van der Waals surface area contributed by atoms with Gasteiger partial charge in [0.15, 0.2) is 0 Å². The van der Waals surface area contributed by atoms with Crippen molar-refractivity contribution in [1.82, 2.24) is 14.3 Å². The largest absolute Gasteiger partial charge is 0.399 e. The van der Waals surface area contributed by atoms with Crippen molar-refractivity contribution >= 4 is 39.9 Å². The molecule has 0 fully saturated rings. The molecule has 1 aromatic carbocycles. The highest BCUT2D eigenvalue weighted by Crippen LogP contribution is 2.32. The maximum Gasteiger partial charge on any atom is 0.251 e. The van der Waals surface area contributed by atoms with E-state index in [-0.39, 0.29) is 5.56 Å². The van der Waals surface area contributed by atoms with Crippen LogP contribution in [0.4, 0.5) is 5.69 Å². The lowest BCUT2D eigenvalue weighted by molar-refractivity contribution is 0.760. The van der Waals surface area contributed by atoms with Crippen molar-refractivity contribution in [3.8, 4) is 5.69 Å². The number of fused-ring (bicyclic) bond motifs is 1. The lowest BCUT2D eigenvalue weighted by atomic mass is 10.2. The van der Waals surface area contributed by atoms with E-state index in [1.54, 1.807) is 33.6 Å². The number of nitrogens with zero attached hydrogens (tertiary/aromatic N) is 3. The first kappa shape index (κ1) is 14.0. The van der Waals surface area contributed by atoms with Gasteiger partial charge in [0.05, 0.1) is 27.3 Å². The molecule has 0 atom stereocenters. The molecular formula is C14H12Cl2N4O. The number of hydrogen-bond acceptors (Lipinski definition) is 3. The molecule has 5 nitrogen and oxygen atoms in total. The first-order chi connectivity index (χ1) is 10.0. The summed E-state index contributed by atoms with van der Waals surface area (Å²) in [5.74, 6) is 0. The van der Waals surface area contributed by atoms with Crippen molar-refractivity contribution in [3.63, 3.8) is 0 Å². The molecule has 0 radical (unpaired) electrons. The molecule has 108 valence electrons. The van der Waals surface area contributed by atoms with Crippen LogP contribution >= 0.6 is 23.2 Å². The minimum Gasteiger partial charge on any atom is -0.399 e. The lowest BCUT2D eigenvalue weighted by Gasteiger charge is -2.10. The fourth-order valence-corrected chi connectivity index (χ4v) is 3.03. The van der Waals surface area contributed by atoms with Crippen molar-refractivity contribution in [2.45, 2.75) is 13.5 Å². The smallest absolute Gasteiger partial charge is 0.251 e. The number of aryl methyl sites for hydroxylation is 1. The van der Waals surface area contributed by atoms with Crippen LogP contribution in [0.2, 0.25) is 10.0 Å². The Morgan fingerprint density at radius 1 is 1.19 bits per heavy atom. The standard InChI is InChI=1S/C14H12Cl2N4O/c1-2-19-12-7-18-20(11(12)3-4-13(19)21)14-9(15)5-8(17)6-10(14)16/h3-7H,2,17H2,1H3. The maximum absolute atomic E-state index is 11.8. The van der Waals surface area contributed by atoms with Crippen LogP contribution < -0.4 is 11.3 Å². The van der Waals surface area contributed by atoms with Gasteiger partial charge in [-0.1, -0.05) is 23.2 Å². The second-order valence-corrected chi connectivity index (χ2v) is 5.39. The van der Waals surface area contributed by atoms with Crippen LogP contribution in [0.1, 0.15) is 6.92 Å². The monoisotopic (exact) mass is 322 g/mol. The molecule has 2 aromatic heterocycles. The Balaban J connectivity index is 2.35. The third-order valence-electron chi connectivity index (χ3n) is 3.29. The zero-order chi connectivity index (χ0) is 15.1. The summed E-state index contributed by atoms with van der Waals surface area (Å²) in [6.45, 7) is 2.46. The molecule has 3 rings (SSSR count). The van der Waals surface area contributed by atoms with Crippen molar-refractivity contribution < 1.29 is 0 Å². The molecule has 2 heterocycles. The normalized spacial score (nSPS) is 11.2. The predicted molar refractivity (Wildman–Crippen MR) is 85.4 cm³/mol. The first-order valence-electron chi connectivity index (χ1n) is 6.35. The molecule has 0 saturated heterocycles. The summed E-state index contributed by atoms with van der Waals surface area (Å²) < 4.78 is 3.25. The van der Waals surface area contributed by atoms with E-state index in [0.717, 1.165) is 11.0 Å². The van der Waals surface area contributed by atoms with Gasteiger partial charge < -0.3 is 10.3 Å². The van der Waals surface area contributed by atoms with E-state index in [2.05, 4.69) is 5.10 Å². The first-order valence-corrected chi connectivity index (χ1v) is 7.11. The quantitative estimate of drug-likeness (QED) is 0.737. The van der Waals surface area contributed by atoms with Crippen molar-refractivity contribution in [2.24, 2.45) is 0 Å². The van der Waals surface area contributed by atoms with Gasteiger partial charge in [-0.15, -0.1) is 0 Å². The average molecular weight is 323 g/mol. The Hall–Kier alpha value is -1.98. The molecule has 21 heavy (non-hydrogen) atoms. The Morgan fingerprint density at radius 3 is 2.48 bits per heavy atom. The van der Waals surface area contributed by atoms with Gasteiger partial charge in [-0.3, -0.25) is 4.79 Å². The van der Waals surface area contributed by atoms with Crippen LogP contribution in [0, 0.1) is 0 Å². The van der Waals surface area contributed by atoms with Crippen LogP contribution in [0.3, 0.4) is 0 Å². The molecule has 0 aliphatic carbocycles. The number of hydrogen-bond donors (Lipinski definition) is 1. The molecule has 0 bridgehead atoms. The number of anilines is 1. The number of halogens is 2. The number of nitrogens with two attached hydrogens (primary N) is 1. The number of aromatic nitrogens is 3. The van der Waals surface area contributed by atoms with Gasteiger partial charge in [0.1, 0.15) is 5.69 Å². The highest BCUT2D eigenvalue weighted by Gasteiger charge is 2.15. The van der Waals surface area contributed by atoms with Gasteiger partial charge in [0.25, 0.3) is 5.56 Å². The molecule has 2 N–H and O–H groups in total. The third kappa shape index (κ3) is 2.18. The number of pyridine rings is 1. The summed E-state index contributed by atoms with van der Waals surface area (Å²) in [5, 5.41) is 5.12. The topological polar surface area (TPSA) is 65.8 Å². The van der Waals surface area contributed by atoms with Gasteiger partial charge in [-0.25, -0.2) is 4.68 Å². The summed E-state index contributed by atoms with van der Waals surface area (Å²) in [4.78, 5) is 11.8. The molecule has 3 aromatic rings. The zero-order valence-corrected chi connectivity index (χ0v) is 12.7. The van der Waals surface area contributed by atoms with E-state index in [1.807, 2.05) is 6.92 Å². The second kappa shape index (κ2) is 5.09. The Morgan fingerprint density at radius 2 is 1.86 bits per heavy atom. The van der Waals surface area contributed by atoms with E-state index in [4.69, 9.17) is 28.9 Å². The minimum atomic E-state index is -0.0703. The maximum atomic E-state index is 11.8. The molecule has 0 amide bonds. The fraction of sp³-hybridized carbons (Fsp3) is 0.143. The molecule has 7 heteroatoms. The SMILES string of the molecule is CCn1c(=O)ccc2c1cnn2-c1c(Cl)cc(N)cc1Cl. The van der Waals surface area contributed by atoms with Crippen LogP contribution in [-0.2, 0) is 6.54 Å². The highest BCUT2D eigenvalue weighted by atomic mass is 35.5. The molecule has 0 spiro atoms. The fourth-order valence-electron chi connectivity index (χ4n) is 2.36. The molecule has 0 unspecified atom stereocenters. The number of rotatable bonds is 2. The van der Waals surface area contributed by atoms with Gasteiger partial charge >= 0.3 is 0 Å². The number of benzene rings is 1. The van der Waals surface area contributed by atoms with Crippen LogP contribution in [0.5, 0.6) is 0 Å². The van der Waals surface area contributed by atoms with E-state index >= 15 is 0 Å². The summed E-state index contributed by atoms with van der Waals surface area (Å²) in [7, 11) is 0. The predicted octanol–water partition coefficient (Wildman–Crippen LogP) is 3.10. The summed E-state index contributed by atoms with van der Waals surface area (Å²) in [6, 6.07) is 6.45. The third-order valence-corrected chi connectivity index (χ3v) is 3.87. The van der Waals surface area contributed by atoms with Crippen molar-refractivity contribution in [3.05, 3.63) is 50.9 Å². The van der Waals surface area contributed by atoms with Gasteiger partial charge in [-0.05, 0) is 25.1 Å². The minimum absolute atomic E-state index is 0.0703. The van der Waals surface area contributed by atoms with Crippen LogP contribution in [-0.4, -0.2) is 14.3 Å².